The van der Waals surface area contributed by atoms with E-state index in [1.807, 2.05) is 14.1 Å². The topological polar surface area (TPSA) is 79.0 Å². The van der Waals surface area contributed by atoms with Crippen LogP contribution in [0.4, 0.5) is 14.9 Å². The van der Waals surface area contributed by atoms with Crippen molar-refractivity contribution in [3.63, 3.8) is 0 Å². The lowest BCUT2D eigenvalue weighted by Crippen LogP contribution is -2.33. The number of hydrogen-bond acceptors (Lipinski definition) is 5. The molecule has 3 rings (SSSR count). The predicted octanol–water partition coefficient (Wildman–Crippen LogP) is 2.25. The van der Waals surface area contributed by atoms with Gasteiger partial charge in [0.25, 0.3) is 0 Å². The Bertz CT molecular complexity index is 850. The first-order valence-corrected chi connectivity index (χ1v) is 9.23. The molecule has 0 bridgehead atoms. The lowest BCUT2D eigenvalue weighted by molar-refractivity contribution is -0.119. The molecule has 0 radical (unpaired) electrons. The summed E-state index contributed by atoms with van der Waals surface area (Å²) >= 11 is 0. The number of rotatable bonds is 4. The van der Waals surface area contributed by atoms with E-state index in [1.54, 1.807) is 17.2 Å². The summed E-state index contributed by atoms with van der Waals surface area (Å²) in [5.41, 5.74) is 1.42. The number of allylic oxidation sites excluding steroid dienone is 1. The van der Waals surface area contributed by atoms with Crippen LogP contribution in [0.25, 0.3) is 0 Å². The van der Waals surface area contributed by atoms with Crippen molar-refractivity contribution in [3.8, 4) is 0 Å². The number of fused-ring (bicyclic) bond motifs is 1. The predicted molar refractivity (Wildman–Crippen MR) is 102 cm³/mol. The second-order valence-corrected chi connectivity index (χ2v) is 7.28. The van der Waals surface area contributed by atoms with Gasteiger partial charge in [-0.05, 0) is 31.4 Å². The Balaban J connectivity index is 1.88. The molecular formula is C20H24FN3O4. The normalized spacial score (nSPS) is 20.6. The fourth-order valence-corrected chi connectivity index (χ4v) is 3.53. The zero-order valence-electron chi connectivity index (χ0n) is 16.3. The van der Waals surface area contributed by atoms with Gasteiger partial charge in [0, 0.05) is 43.9 Å². The third-order valence-corrected chi connectivity index (χ3v) is 4.79. The average molecular weight is 389 g/mol. The van der Waals surface area contributed by atoms with Crippen molar-refractivity contribution in [2.75, 3.05) is 32.1 Å². The number of Topliss-reactive ketones (excluding diaryl/α,β-unsaturated/α-hetero) is 1. The maximum atomic E-state index is 15.3. The molecule has 0 aromatic heterocycles. The van der Waals surface area contributed by atoms with Crippen molar-refractivity contribution >= 4 is 23.5 Å². The molecule has 1 fully saturated rings. The number of carbonyl (C=O) groups excluding carboxylic acids is 3. The molecule has 0 unspecified atom stereocenters. The molecule has 0 spiro atoms. The van der Waals surface area contributed by atoms with E-state index < -0.39 is 18.0 Å². The summed E-state index contributed by atoms with van der Waals surface area (Å²) in [5.74, 6) is -0.973. The summed E-state index contributed by atoms with van der Waals surface area (Å²) in [5, 5.41) is 2.59. The molecule has 0 saturated carbocycles. The zero-order chi connectivity index (χ0) is 20.4. The number of carbonyl (C=O) groups is 3. The fraction of sp³-hybridized carbons (Fsp3) is 0.450. The van der Waals surface area contributed by atoms with Crippen LogP contribution in [0, 0.1) is 5.82 Å². The summed E-state index contributed by atoms with van der Waals surface area (Å²) in [6, 6.07) is 3.03. The number of ketones is 1. The molecule has 1 aromatic rings. The molecule has 1 atom stereocenters. The monoisotopic (exact) mass is 389 g/mol. The average Bonchev–Trinajstić information content (AvgIpc) is 2.91. The van der Waals surface area contributed by atoms with E-state index in [1.165, 1.54) is 17.9 Å². The molecule has 1 aliphatic heterocycles. The smallest absolute Gasteiger partial charge is 0.414 e. The molecular weight excluding hydrogens is 365 g/mol. The molecule has 7 nitrogen and oxygen atoms in total. The number of benzene rings is 1. The quantitative estimate of drug-likeness (QED) is 0.631. The van der Waals surface area contributed by atoms with Crippen LogP contribution >= 0.6 is 0 Å². The van der Waals surface area contributed by atoms with Crippen LogP contribution < -0.4 is 10.2 Å². The van der Waals surface area contributed by atoms with Crippen molar-refractivity contribution < 1.29 is 23.5 Å². The first-order valence-electron chi connectivity index (χ1n) is 9.23. The Morgan fingerprint density at radius 1 is 1.36 bits per heavy atom. The third-order valence-electron chi connectivity index (χ3n) is 4.79. The van der Waals surface area contributed by atoms with E-state index in [0.29, 0.717) is 36.0 Å². The Morgan fingerprint density at radius 3 is 2.79 bits per heavy atom. The lowest BCUT2D eigenvalue weighted by atomic mass is 9.98. The number of nitrogens with zero attached hydrogens (tertiary/aromatic N) is 2. The molecule has 2 aliphatic rings. The minimum absolute atomic E-state index is 0.0990. The number of amides is 2. The van der Waals surface area contributed by atoms with Gasteiger partial charge in [-0.25, -0.2) is 9.18 Å². The summed E-state index contributed by atoms with van der Waals surface area (Å²) < 4.78 is 20.5. The zero-order valence-corrected chi connectivity index (χ0v) is 16.3. The Kier molecular flexibility index (Phi) is 5.67. The van der Waals surface area contributed by atoms with Gasteiger partial charge in [-0.2, -0.15) is 0 Å². The Morgan fingerprint density at radius 2 is 2.11 bits per heavy atom. The van der Waals surface area contributed by atoms with E-state index in [9.17, 15) is 14.4 Å². The van der Waals surface area contributed by atoms with Crippen LogP contribution in [0.2, 0.25) is 0 Å². The number of cyclic esters (lactones) is 1. The van der Waals surface area contributed by atoms with E-state index in [2.05, 4.69) is 5.32 Å². The third kappa shape index (κ3) is 4.00. The summed E-state index contributed by atoms with van der Waals surface area (Å²) in [7, 11) is 3.68. The molecule has 8 heteroatoms. The van der Waals surface area contributed by atoms with Gasteiger partial charge in [-0.15, -0.1) is 0 Å². The van der Waals surface area contributed by atoms with Crippen molar-refractivity contribution in [3.05, 3.63) is 40.8 Å². The van der Waals surface area contributed by atoms with Crippen molar-refractivity contribution in [1.82, 2.24) is 10.2 Å². The van der Waals surface area contributed by atoms with Gasteiger partial charge in [0.05, 0.1) is 18.8 Å². The van der Waals surface area contributed by atoms with Gasteiger partial charge in [0.1, 0.15) is 6.10 Å². The summed E-state index contributed by atoms with van der Waals surface area (Å²) in [4.78, 5) is 39.1. The molecule has 28 heavy (non-hydrogen) atoms. The standard InChI is InChI=1S/C20H24FN3O4/c1-12(25)22-9-14-11-24(20(27)28-14)17-8-7-16-15(18(17)21)6-4-5-13(19(16)26)10-23(2)3/h7-8,10,14H,4-6,9,11H2,1-3H3,(H,22,25)/b13-10-/t14-/m0/s1. The van der Waals surface area contributed by atoms with Crippen molar-refractivity contribution in [2.24, 2.45) is 0 Å². The van der Waals surface area contributed by atoms with Crippen LogP contribution in [0.1, 0.15) is 35.7 Å². The van der Waals surface area contributed by atoms with Crippen molar-refractivity contribution in [1.29, 1.82) is 0 Å². The minimum Gasteiger partial charge on any atom is -0.442 e. The van der Waals surface area contributed by atoms with Crippen LogP contribution in [-0.4, -0.2) is 56.0 Å². The highest BCUT2D eigenvalue weighted by Crippen LogP contribution is 2.33. The van der Waals surface area contributed by atoms with Gasteiger partial charge in [0.2, 0.25) is 5.91 Å². The largest absolute Gasteiger partial charge is 0.442 e. The molecule has 1 aromatic carbocycles. The van der Waals surface area contributed by atoms with Crippen LogP contribution in [0.5, 0.6) is 0 Å². The number of halogens is 1. The lowest BCUT2D eigenvalue weighted by Gasteiger charge is -2.17. The first-order chi connectivity index (χ1) is 13.3. The van der Waals surface area contributed by atoms with Crippen molar-refractivity contribution in [2.45, 2.75) is 32.3 Å². The second kappa shape index (κ2) is 8.00. The fourth-order valence-electron chi connectivity index (χ4n) is 3.53. The molecule has 1 aliphatic carbocycles. The number of hydrogen-bond donors (Lipinski definition) is 1. The maximum Gasteiger partial charge on any atom is 0.414 e. The van der Waals surface area contributed by atoms with Gasteiger partial charge in [0.15, 0.2) is 11.6 Å². The van der Waals surface area contributed by atoms with Gasteiger partial charge < -0.3 is 15.0 Å². The van der Waals surface area contributed by atoms with E-state index in [-0.39, 0.29) is 30.5 Å². The second-order valence-electron chi connectivity index (χ2n) is 7.28. The molecule has 1 heterocycles. The number of anilines is 1. The minimum atomic E-state index is -0.664. The summed E-state index contributed by atoms with van der Waals surface area (Å²) in [6.07, 6.45) is 2.20. The van der Waals surface area contributed by atoms with Gasteiger partial charge in [-0.1, -0.05) is 0 Å². The van der Waals surface area contributed by atoms with Crippen LogP contribution in [0.15, 0.2) is 23.9 Å². The van der Waals surface area contributed by atoms with Gasteiger partial charge >= 0.3 is 6.09 Å². The SMILES string of the molecule is CC(=O)NC[C@H]1CN(c2ccc3c(c2F)CCC/C(=C/N(C)C)C3=O)C(=O)O1. The molecule has 1 N–H and O–H groups in total. The maximum absolute atomic E-state index is 15.3. The highest BCUT2D eigenvalue weighted by molar-refractivity contribution is 6.10. The molecule has 150 valence electrons. The van der Waals surface area contributed by atoms with Crippen LogP contribution in [0.3, 0.4) is 0 Å². The molecule has 2 amide bonds. The van der Waals surface area contributed by atoms with Gasteiger partial charge in [-0.3, -0.25) is 14.5 Å². The first kappa shape index (κ1) is 19.9. The highest BCUT2D eigenvalue weighted by atomic mass is 19.1. The van der Waals surface area contributed by atoms with E-state index in [4.69, 9.17) is 4.74 Å². The Labute approximate surface area is 163 Å². The van der Waals surface area contributed by atoms with E-state index in [0.717, 1.165) is 0 Å². The molecule has 1 saturated heterocycles. The van der Waals surface area contributed by atoms with Crippen LogP contribution in [-0.2, 0) is 16.0 Å². The number of nitrogens with one attached hydrogen (secondary N) is 1. The Hall–Kier alpha value is -2.90. The highest BCUT2D eigenvalue weighted by Gasteiger charge is 2.35. The summed E-state index contributed by atoms with van der Waals surface area (Å²) in [6.45, 7) is 1.67. The number of ether oxygens (including phenoxy) is 1. The van der Waals surface area contributed by atoms with E-state index >= 15 is 4.39 Å².